The van der Waals surface area contributed by atoms with Gasteiger partial charge < -0.3 is 5.32 Å². The predicted octanol–water partition coefficient (Wildman–Crippen LogP) is 1.10. The molecule has 0 unspecified atom stereocenters. The predicted molar refractivity (Wildman–Crippen MR) is 31.6 cm³/mol. The van der Waals surface area contributed by atoms with Gasteiger partial charge in [0.2, 0.25) is 0 Å². The average Bonchev–Trinajstić information content (AvgIpc) is 2.50. The topological polar surface area (TPSA) is 12.0 Å². The van der Waals surface area contributed by atoms with Crippen LogP contribution in [0.3, 0.4) is 0 Å². The van der Waals surface area contributed by atoms with Gasteiger partial charge in [-0.05, 0) is 19.8 Å². The van der Waals surface area contributed by atoms with E-state index in [0.717, 1.165) is 0 Å². The van der Waals surface area contributed by atoms with E-state index >= 15 is 0 Å². The fourth-order valence-corrected chi connectivity index (χ4v) is 0.697. The quantitative estimate of drug-likeness (QED) is 0.583. The lowest BCUT2D eigenvalue weighted by molar-refractivity contribution is 0.391. The third kappa shape index (κ3) is 1.78. The smallest absolute Gasteiger partial charge is 0.104 e. The van der Waals surface area contributed by atoms with E-state index in [4.69, 9.17) is 0 Å². The van der Waals surface area contributed by atoms with Crippen LogP contribution in [-0.4, -0.2) is 18.8 Å². The third-order valence-corrected chi connectivity index (χ3v) is 1.33. The molecule has 0 aromatic carbocycles. The molecule has 1 nitrogen and oxygen atoms in total. The van der Waals surface area contributed by atoms with E-state index in [9.17, 15) is 4.39 Å². The summed E-state index contributed by atoms with van der Waals surface area (Å²) < 4.78 is 11.7. The van der Waals surface area contributed by atoms with Crippen molar-refractivity contribution in [3.8, 4) is 0 Å². The average molecular weight is 117 g/mol. The van der Waals surface area contributed by atoms with Gasteiger partial charge in [0.25, 0.3) is 0 Å². The van der Waals surface area contributed by atoms with E-state index in [2.05, 4.69) is 5.32 Å². The van der Waals surface area contributed by atoms with Crippen LogP contribution in [0.5, 0.6) is 0 Å². The van der Waals surface area contributed by atoms with Crippen LogP contribution in [0, 0.1) is 0 Å². The first kappa shape index (κ1) is 6.02. The lowest BCUT2D eigenvalue weighted by Crippen LogP contribution is -2.29. The molecule has 0 aliphatic heterocycles. The van der Waals surface area contributed by atoms with Crippen LogP contribution < -0.4 is 5.32 Å². The van der Waals surface area contributed by atoms with Crippen LogP contribution in [0.4, 0.5) is 4.39 Å². The molecule has 0 aromatic rings. The zero-order valence-electron chi connectivity index (χ0n) is 5.15. The molecule has 0 spiro atoms. The molecule has 1 fully saturated rings. The fourth-order valence-electron chi connectivity index (χ4n) is 0.697. The van der Waals surface area contributed by atoms with Gasteiger partial charge >= 0.3 is 0 Å². The summed E-state index contributed by atoms with van der Waals surface area (Å²) in [7, 11) is 0. The van der Waals surface area contributed by atoms with Crippen LogP contribution in [0.1, 0.15) is 19.8 Å². The van der Waals surface area contributed by atoms with Crippen LogP contribution >= 0.6 is 0 Å². The lowest BCUT2D eigenvalue weighted by atomic mass is 10.4. The summed E-state index contributed by atoms with van der Waals surface area (Å²) in [6.45, 7) is 1.63. The van der Waals surface area contributed by atoms with Gasteiger partial charge in [0.15, 0.2) is 0 Å². The molecular formula is C6H12FN. The van der Waals surface area contributed by atoms with Gasteiger partial charge in [0, 0.05) is 12.1 Å². The Kier molecular flexibility index (Phi) is 1.84. The first-order chi connectivity index (χ1) is 3.83. The maximum absolute atomic E-state index is 11.7. The van der Waals surface area contributed by atoms with Gasteiger partial charge in [-0.2, -0.15) is 0 Å². The maximum atomic E-state index is 11.7. The Labute approximate surface area is 49.3 Å². The number of alkyl halides is 1. The maximum Gasteiger partial charge on any atom is 0.104 e. The second kappa shape index (κ2) is 2.44. The van der Waals surface area contributed by atoms with Gasteiger partial charge in [-0.25, -0.2) is 4.39 Å². The molecular weight excluding hydrogens is 105 g/mol. The van der Waals surface area contributed by atoms with Crippen molar-refractivity contribution in [2.75, 3.05) is 6.67 Å². The summed E-state index contributed by atoms with van der Waals surface area (Å²) in [5.41, 5.74) is 0. The molecule has 8 heavy (non-hydrogen) atoms. The SMILES string of the molecule is C[C@H](CF)NC1CC1. The minimum atomic E-state index is -0.240. The van der Waals surface area contributed by atoms with Gasteiger partial charge in [0.05, 0.1) is 0 Å². The Morgan fingerprint density at radius 3 is 2.75 bits per heavy atom. The van der Waals surface area contributed by atoms with Gasteiger partial charge in [-0.15, -0.1) is 0 Å². The number of rotatable bonds is 3. The molecule has 0 radical (unpaired) electrons. The highest BCUT2D eigenvalue weighted by atomic mass is 19.1. The third-order valence-electron chi connectivity index (χ3n) is 1.33. The molecule has 1 aliphatic carbocycles. The second-order valence-corrected chi connectivity index (χ2v) is 2.50. The Morgan fingerprint density at radius 1 is 1.75 bits per heavy atom. The van der Waals surface area contributed by atoms with E-state index in [1.54, 1.807) is 0 Å². The van der Waals surface area contributed by atoms with Crippen molar-refractivity contribution in [2.45, 2.75) is 31.8 Å². The molecule has 1 rings (SSSR count). The Balaban J connectivity index is 1.98. The summed E-state index contributed by atoms with van der Waals surface area (Å²) in [6.07, 6.45) is 2.48. The molecule has 1 saturated carbocycles. The number of hydrogen-bond donors (Lipinski definition) is 1. The summed E-state index contributed by atoms with van der Waals surface area (Å²) in [5, 5.41) is 3.13. The van der Waals surface area contributed by atoms with Crippen molar-refractivity contribution < 1.29 is 4.39 Å². The first-order valence-electron chi connectivity index (χ1n) is 3.15. The minimum absolute atomic E-state index is 0.0718. The summed E-state index contributed by atoms with van der Waals surface area (Å²) >= 11 is 0. The minimum Gasteiger partial charge on any atom is -0.309 e. The van der Waals surface area contributed by atoms with Crippen LogP contribution in [0.2, 0.25) is 0 Å². The largest absolute Gasteiger partial charge is 0.309 e. The highest BCUT2D eigenvalue weighted by Crippen LogP contribution is 2.19. The number of hydrogen-bond acceptors (Lipinski definition) is 1. The molecule has 0 aromatic heterocycles. The van der Waals surface area contributed by atoms with Crippen molar-refractivity contribution in [1.82, 2.24) is 5.32 Å². The zero-order chi connectivity index (χ0) is 5.98. The Hall–Kier alpha value is -0.110. The van der Waals surface area contributed by atoms with Gasteiger partial charge in [0.1, 0.15) is 6.67 Å². The van der Waals surface area contributed by atoms with Crippen molar-refractivity contribution in [2.24, 2.45) is 0 Å². The summed E-state index contributed by atoms with van der Waals surface area (Å²) in [5.74, 6) is 0. The van der Waals surface area contributed by atoms with Crippen molar-refractivity contribution in [3.05, 3.63) is 0 Å². The fraction of sp³-hybridized carbons (Fsp3) is 1.00. The second-order valence-electron chi connectivity index (χ2n) is 2.50. The van der Waals surface area contributed by atoms with Crippen molar-refractivity contribution >= 4 is 0 Å². The molecule has 0 amide bonds. The van der Waals surface area contributed by atoms with E-state index < -0.39 is 0 Å². The summed E-state index contributed by atoms with van der Waals surface area (Å²) in [6, 6.07) is 0.711. The highest BCUT2D eigenvalue weighted by molar-refractivity contribution is 4.82. The molecule has 0 bridgehead atoms. The normalized spacial score (nSPS) is 23.2. The van der Waals surface area contributed by atoms with Gasteiger partial charge in [-0.1, -0.05) is 0 Å². The van der Waals surface area contributed by atoms with Crippen LogP contribution in [-0.2, 0) is 0 Å². The zero-order valence-corrected chi connectivity index (χ0v) is 5.15. The van der Waals surface area contributed by atoms with Crippen LogP contribution in [0.15, 0.2) is 0 Å². The molecule has 0 saturated heterocycles. The molecule has 1 N–H and O–H groups in total. The lowest BCUT2D eigenvalue weighted by Gasteiger charge is -2.05. The van der Waals surface area contributed by atoms with Crippen molar-refractivity contribution in [3.63, 3.8) is 0 Å². The van der Waals surface area contributed by atoms with E-state index in [1.165, 1.54) is 12.8 Å². The molecule has 1 atom stereocenters. The summed E-state index contributed by atoms with van der Waals surface area (Å²) in [4.78, 5) is 0. The number of halogens is 1. The van der Waals surface area contributed by atoms with E-state index in [1.807, 2.05) is 6.92 Å². The first-order valence-corrected chi connectivity index (χ1v) is 3.15. The number of nitrogens with one attached hydrogen (secondary N) is 1. The van der Waals surface area contributed by atoms with Crippen LogP contribution in [0.25, 0.3) is 0 Å². The Bertz CT molecular complexity index is 70.9. The van der Waals surface area contributed by atoms with Gasteiger partial charge in [-0.3, -0.25) is 0 Å². The standard InChI is InChI=1S/C6H12FN/c1-5(4-7)8-6-2-3-6/h5-6,8H,2-4H2,1H3/t5-/m1/s1. The molecule has 48 valence electrons. The molecule has 1 aliphatic rings. The molecule has 2 heteroatoms. The monoisotopic (exact) mass is 117 g/mol. The van der Waals surface area contributed by atoms with E-state index in [-0.39, 0.29) is 12.7 Å². The van der Waals surface area contributed by atoms with Crippen molar-refractivity contribution in [1.29, 1.82) is 0 Å². The highest BCUT2D eigenvalue weighted by Gasteiger charge is 2.22. The van der Waals surface area contributed by atoms with E-state index in [0.29, 0.717) is 6.04 Å². The molecule has 0 heterocycles. The Morgan fingerprint density at radius 2 is 2.38 bits per heavy atom.